The SMILES string of the molecule is O=Cc1cc(Cl)ccc1N(CCO)C1CCC1. The summed E-state index contributed by atoms with van der Waals surface area (Å²) in [6, 6.07) is 5.77. The summed E-state index contributed by atoms with van der Waals surface area (Å²) in [4.78, 5) is 13.2. The Kier molecular flexibility index (Phi) is 4.02. The second-order valence-corrected chi connectivity index (χ2v) is 4.76. The molecular formula is C13H16ClNO2. The quantitative estimate of drug-likeness (QED) is 0.820. The van der Waals surface area contributed by atoms with Gasteiger partial charge in [0, 0.05) is 28.9 Å². The first-order valence-corrected chi connectivity index (χ1v) is 6.26. The molecule has 3 nitrogen and oxygen atoms in total. The number of carbonyl (C=O) groups excluding carboxylic acids is 1. The maximum Gasteiger partial charge on any atom is 0.152 e. The average Bonchev–Trinajstić information content (AvgIpc) is 2.26. The predicted octanol–water partition coefficient (Wildman–Crippen LogP) is 2.50. The molecule has 1 fully saturated rings. The lowest BCUT2D eigenvalue weighted by Crippen LogP contribution is -2.42. The van der Waals surface area contributed by atoms with Gasteiger partial charge >= 0.3 is 0 Å². The molecule has 1 N–H and O–H groups in total. The van der Waals surface area contributed by atoms with Crippen molar-refractivity contribution in [2.75, 3.05) is 18.1 Å². The van der Waals surface area contributed by atoms with Crippen LogP contribution in [0.1, 0.15) is 29.6 Å². The fraction of sp³-hybridized carbons (Fsp3) is 0.462. The summed E-state index contributed by atoms with van der Waals surface area (Å²) in [6.07, 6.45) is 4.29. The summed E-state index contributed by atoms with van der Waals surface area (Å²) in [5.74, 6) is 0. The number of benzene rings is 1. The topological polar surface area (TPSA) is 40.5 Å². The maximum absolute atomic E-state index is 11.1. The minimum Gasteiger partial charge on any atom is -0.395 e. The predicted molar refractivity (Wildman–Crippen MR) is 68.9 cm³/mol. The van der Waals surface area contributed by atoms with E-state index in [9.17, 15) is 4.79 Å². The third-order valence-electron chi connectivity index (χ3n) is 3.28. The van der Waals surface area contributed by atoms with E-state index in [-0.39, 0.29) is 6.61 Å². The third kappa shape index (κ3) is 2.61. The minimum atomic E-state index is 0.0947. The van der Waals surface area contributed by atoms with Crippen LogP contribution in [0.2, 0.25) is 5.02 Å². The highest BCUT2D eigenvalue weighted by Gasteiger charge is 2.26. The Morgan fingerprint density at radius 2 is 2.24 bits per heavy atom. The van der Waals surface area contributed by atoms with Crippen molar-refractivity contribution in [2.24, 2.45) is 0 Å². The van der Waals surface area contributed by atoms with Crippen LogP contribution in [0.25, 0.3) is 0 Å². The van der Waals surface area contributed by atoms with E-state index in [1.54, 1.807) is 12.1 Å². The van der Waals surface area contributed by atoms with Gasteiger partial charge in [-0.05, 0) is 37.5 Å². The van der Waals surface area contributed by atoms with Gasteiger partial charge in [-0.2, -0.15) is 0 Å². The van der Waals surface area contributed by atoms with Crippen molar-refractivity contribution in [1.82, 2.24) is 0 Å². The molecule has 4 heteroatoms. The van der Waals surface area contributed by atoms with Crippen LogP contribution >= 0.6 is 11.6 Å². The van der Waals surface area contributed by atoms with Gasteiger partial charge < -0.3 is 10.0 Å². The molecule has 0 atom stereocenters. The summed E-state index contributed by atoms with van der Waals surface area (Å²) in [5.41, 5.74) is 1.47. The third-order valence-corrected chi connectivity index (χ3v) is 3.52. The zero-order valence-electron chi connectivity index (χ0n) is 9.60. The number of aliphatic hydroxyl groups is 1. The molecule has 0 amide bonds. The Hall–Kier alpha value is -1.06. The summed E-state index contributed by atoms with van der Waals surface area (Å²) < 4.78 is 0. The van der Waals surface area contributed by atoms with Crippen LogP contribution in [-0.2, 0) is 0 Å². The van der Waals surface area contributed by atoms with Crippen molar-refractivity contribution in [2.45, 2.75) is 25.3 Å². The second kappa shape index (κ2) is 5.52. The highest BCUT2D eigenvalue weighted by molar-refractivity contribution is 6.31. The Bertz CT molecular complexity index is 404. The second-order valence-electron chi connectivity index (χ2n) is 4.32. The molecule has 1 aliphatic carbocycles. The van der Waals surface area contributed by atoms with Crippen molar-refractivity contribution in [1.29, 1.82) is 0 Å². The number of halogens is 1. The van der Waals surface area contributed by atoms with E-state index in [0.717, 1.165) is 24.8 Å². The van der Waals surface area contributed by atoms with Gasteiger partial charge in [0.2, 0.25) is 0 Å². The van der Waals surface area contributed by atoms with E-state index in [4.69, 9.17) is 16.7 Å². The van der Waals surface area contributed by atoms with Gasteiger partial charge in [-0.3, -0.25) is 4.79 Å². The largest absolute Gasteiger partial charge is 0.395 e. The number of hydrogen-bond donors (Lipinski definition) is 1. The number of nitrogens with zero attached hydrogens (tertiary/aromatic N) is 1. The number of anilines is 1. The normalized spacial score (nSPS) is 15.4. The highest BCUT2D eigenvalue weighted by Crippen LogP contribution is 2.32. The molecule has 0 radical (unpaired) electrons. The van der Waals surface area contributed by atoms with Gasteiger partial charge in [0.05, 0.1) is 6.61 Å². The van der Waals surface area contributed by atoms with E-state index >= 15 is 0 Å². The van der Waals surface area contributed by atoms with Gasteiger partial charge in [0.1, 0.15) is 0 Å². The van der Waals surface area contributed by atoms with Gasteiger partial charge in [-0.15, -0.1) is 0 Å². The molecule has 0 aliphatic heterocycles. The lowest BCUT2D eigenvalue weighted by molar-refractivity contribution is 0.112. The molecule has 92 valence electrons. The molecule has 0 unspecified atom stereocenters. The van der Waals surface area contributed by atoms with Crippen LogP contribution < -0.4 is 4.90 Å². The molecule has 1 aromatic rings. The van der Waals surface area contributed by atoms with E-state index in [2.05, 4.69) is 4.90 Å². The lowest BCUT2D eigenvalue weighted by Gasteiger charge is -2.39. The van der Waals surface area contributed by atoms with E-state index in [1.807, 2.05) is 6.07 Å². The van der Waals surface area contributed by atoms with Gasteiger partial charge in [0.25, 0.3) is 0 Å². The monoisotopic (exact) mass is 253 g/mol. The smallest absolute Gasteiger partial charge is 0.152 e. The van der Waals surface area contributed by atoms with Crippen LogP contribution in [0.5, 0.6) is 0 Å². The fourth-order valence-electron chi connectivity index (χ4n) is 2.19. The lowest BCUT2D eigenvalue weighted by atomic mass is 9.90. The minimum absolute atomic E-state index is 0.0947. The maximum atomic E-state index is 11.1. The highest BCUT2D eigenvalue weighted by atomic mass is 35.5. The van der Waals surface area contributed by atoms with Crippen molar-refractivity contribution >= 4 is 23.6 Å². The molecule has 0 spiro atoms. The van der Waals surface area contributed by atoms with Crippen LogP contribution in [0.4, 0.5) is 5.69 Å². The van der Waals surface area contributed by atoms with Crippen LogP contribution in [0.15, 0.2) is 18.2 Å². The van der Waals surface area contributed by atoms with E-state index in [1.165, 1.54) is 6.42 Å². The number of carbonyl (C=O) groups is 1. The van der Waals surface area contributed by atoms with Crippen molar-refractivity contribution in [3.05, 3.63) is 28.8 Å². The molecule has 0 saturated heterocycles. The first-order valence-electron chi connectivity index (χ1n) is 5.88. The molecule has 0 aromatic heterocycles. The Balaban J connectivity index is 2.30. The van der Waals surface area contributed by atoms with Gasteiger partial charge in [-0.25, -0.2) is 0 Å². The van der Waals surface area contributed by atoms with E-state index < -0.39 is 0 Å². The first-order chi connectivity index (χ1) is 8.26. The molecule has 1 aliphatic rings. The Morgan fingerprint density at radius 3 is 2.76 bits per heavy atom. The molecule has 17 heavy (non-hydrogen) atoms. The first kappa shape index (κ1) is 12.4. The van der Waals surface area contributed by atoms with Crippen LogP contribution in [0.3, 0.4) is 0 Å². The molecule has 1 saturated carbocycles. The molecule has 0 bridgehead atoms. The Morgan fingerprint density at radius 1 is 1.47 bits per heavy atom. The Labute approximate surface area is 106 Å². The zero-order valence-corrected chi connectivity index (χ0v) is 10.4. The van der Waals surface area contributed by atoms with Gasteiger partial charge in [-0.1, -0.05) is 11.6 Å². The summed E-state index contributed by atoms with van der Waals surface area (Å²) in [6.45, 7) is 0.657. The summed E-state index contributed by atoms with van der Waals surface area (Å²) in [5, 5.41) is 9.69. The summed E-state index contributed by atoms with van der Waals surface area (Å²) in [7, 11) is 0. The number of rotatable bonds is 5. The van der Waals surface area contributed by atoms with Crippen molar-refractivity contribution < 1.29 is 9.90 Å². The van der Waals surface area contributed by atoms with Crippen LogP contribution in [0, 0.1) is 0 Å². The fourth-order valence-corrected chi connectivity index (χ4v) is 2.37. The average molecular weight is 254 g/mol. The number of aldehydes is 1. The van der Waals surface area contributed by atoms with Crippen molar-refractivity contribution in [3.63, 3.8) is 0 Å². The molecule has 1 aromatic carbocycles. The molecule has 2 rings (SSSR count). The summed E-state index contributed by atoms with van der Waals surface area (Å²) >= 11 is 5.88. The zero-order chi connectivity index (χ0) is 12.3. The number of aliphatic hydroxyl groups excluding tert-OH is 1. The van der Waals surface area contributed by atoms with Crippen LogP contribution in [-0.4, -0.2) is 30.6 Å². The molecular weight excluding hydrogens is 238 g/mol. The van der Waals surface area contributed by atoms with E-state index in [0.29, 0.717) is 23.2 Å². The van der Waals surface area contributed by atoms with Gasteiger partial charge in [0.15, 0.2) is 6.29 Å². The molecule has 0 heterocycles. The standard InChI is InChI=1S/C13H16ClNO2/c14-11-4-5-13(10(8-11)9-17)15(6-7-16)12-2-1-3-12/h4-5,8-9,12,16H,1-3,6-7H2. The number of hydrogen-bond acceptors (Lipinski definition) is 3. The van der Waals surface area contributed by atoms with Crippen molar-refractivity contribution in [3.8, 4) is 0 Å².